The SMILES string of the molecule is Cc1cc(C)c(S(=O)(=O)N(C)C(=O)c2cc(C)n(-c3cccnc3)c2C)c(C)c1. The molecule has 1 amide bonds. The van der Waals surface area contributed by atoms with Crippen molar-refractivity contribution in [1.29, 1.82) is 0 Å². The summed E-state index contributed by atoms with van der Waals surface area (Å²) < 4.78 is 29.3. The Morgan fingerprint density at radius 3 is 2.21 bits per heavy atom. The van der Waals surface area contributed by atoms with Gasteiger partial charge < -0.3 is 4.57 Å². The summed E-state index contributed by atoms with van der Waals surface area (Å²) in [6.07, 6.45) is 3.38. The number of carbonyl (C=O) groups excluding carboxylic acids is 1. The van der Waals surface area contributed by atoms with Crippen molar-refractivity contribution in [2.45, 2.75) is 39.5 Å². The van der Waals surface area contributed by atoms with Crippen LogP contribution in [0.4, 0.5) is 0 Å². The first-order valence-corrected chi connectivity index (χ1v) is 10.7. The van der Waals surface area contributed by atoms with E-state index < -0.39 is 15.9 Å². The van der Waals surface area contributed by atoms with Crippen LogP contribution in [0.2, 0.25) is 0 Å². The molecule has 0 aliphatic heterocycles. The van der Waals surface area contributed by atoms with Crippen molar-refractivity contribution in [2.24, 2.45) is 0 Å². The first-order valence-electron chi connectivity index (χ1n) is 9.26. The van der Waals surface area contributed by atoms with Gasteiger partial charge >= 0.3 is 0 Å². The normalized spacial score (nSPS) is 11.5. The summed E-state index contributed by atoms with van der Waals surface area (Å²) >= 11 is 0. The molecule has 29 heavy (non-hydrogen) atoms. The van der Waals surface area contributed by atoms with Gasteiger partial charge in [-0.05, 0) is 63.9 Å². The third-order valence-corrected chi connectivity index (χ3v) is 7.12. The molecule has 0 atom stereocenters. The van der Waals surface area contributed by atoms with Crippen LogP contribution in [0.3, 0.4) is 0 Å². The minimum absolute atomic E-state index is 0.181. The molecule has 0 bridgehead atoms. The Morgan fingerprint density at radius 1 is 1.03 bits per heavy atom. The highest BCUT2D eigenvalue weighted by atomic mass is 32.2. The van der Waals surface area contributed by atoms with Crippen LogP contribution in [-0.4, -0.2) is 35.2 Å². The smallest absolute Gasteiger partial charge is 0.269 e. The molecule has 152 valence electrons. The molecule has 1 aromatic carbocycles. The molecular formula is C22H25N3O3S. The average molecular weight is 412 g/mol. The second kappa shape index (κ2) is 7.48. The van der Waals surface area contributed by atoms with Crippen LogP contribution in [0.5, 0.6) is 0 Å². The topological polar surface area (TPSA) is 72.3 Å². The number of hydrogen-bond donors (Lipinski definition) is 0. The van der Waals surface area contributed by atoms with Gasteiger partial charge in [-0.3, -0.25) is 9.78 Å². The minimum atomic E-state index is -3.99. The highest BCUT2D eigenvalue weighted by molar-refractivity contribution is 7.89. The van der Waals surface area contributed by atoms with Crippen molar-refractivity contribution in [3.8, 4) is 5.69 Å². The molecule has 0 aliphatic rings. The molecule has 0 saturated heterocycles. The van der Waals surface area contributed by atoms with Crippen molar-refractivity contribution in [3.05, 3.63) is 76.4 Å². The highest BCUT2D eigenvalue weighted by Crippen LogP contribution is 2.27. The Hall–Kier alpha value is -2.93. The lowest BCUT2D eigenvalue weighted by Gasteiger charge is -2.21. The molecule has 3 aromatic rings. The van der Waals surface area contributed by atoms with Crippen LogP contribution in [-0.2, 0) is 10.0 Å². The van der Waals surface area contributed by atoms with E-state index in [1.807, 2.05) is 42.7 Å². The van der Waals surface area contributed by atoms with Crippen molar-refractivity contribution >= 4 is 15.9 Å². The largest absolute Gasteiger partial charge is 0.316 e. The number of hydrogen-bond acceptors (Lipinski definition) is 4. The van der Waals surface area contributed by atoms with Gasteiger partial charge in [0.1, 0.15) is 0 Å². The molecule has 6 nitrogen and oxygen atoms in total. The molecule has 0 aliphatic carbocycles. The van der Waals surface area contributed by atoms with Gasteiger partial charge in [0.2, 0.25) is 0 Å². The van der Waals surface area contributed by atoms with Crippen LogP contribution in [0.15, 0.2) is 47.6 Å². The van der Waals surface area contributed by atoms with Crippen molar-refractivity contribution in [3.63, 3.8) is 0 Å². The third-order valence-electron chi connectivity index (χ3n) is 5.07. The summed E-state index contributed by atoms with van der Waals surface area (Å²) in [4.78, 5) is 17.5. The third kappa shape index (κ3) is 3.58. The maximum atomic E-state index is 13.3. The zero-order valence-corrected chi connectivity index (χ0v) is 18.3. The van der Waals surface area contributed by atoms with Crippen LogP contribution in [0.25, 0.3) is 5.69 Å². The number of sulfonamides is 1. The van der Waals surface area contributed by atoms with Crippen LogP contribution in [0.1, 0.15) is 38.4 Å². The summed E-state index contributed by atoms with van der Waals surface area (Å²) in [5, 5.41) is 0. The Balaban J connectivity index is 2.06. The predicted octanol–water partition coefficient (Wildman–Crippen LogP) is 3.88. The van der Waals surface area contributed by atoms with Gasteiger partial charge in [-0.2, -0.15) is 0 Å². The summed E-state index contributed by atoms with van der Waals surface area (Å²) in [5.74, 6) is -0.562. The number of carbonyl (C=O) groups is 1. The van der Waals surface area contributed by atoms with Gasteiger partial charge in [0.15, 0.2) is 0 Å². The molecule has 0 unspecified atom stereocenters. The molecule has 2 aromatic heterocycles. The molecule has 2 heterocycles. The fourth-order valence-electron chi connectivity index (χ4n) is 3.85. The van der Waals surface area contributed by atoms with E-state index in [0.29, 0.717) is 22.4 Å². The standard InChI is InChI=1S/C22H25N3O3S/c1-14-10-15(2)21(16(3)11-14)29(27,28)24(6)22(26)20-12-17(4)25(18(20)5)19-8-7-9-23-13-19/h7-13H,1-6H3. The predicted molar refractivity (Wildman–Crippen MR) is 113 cm³/mol. The van der Waals surface area contributed by atoms with Gasteiger partial charge in [0.25, 0.3) is 15.9 Å². The van der Waals surface area contributed by atoms with Gasteiger partial charge in [-0.15, -0.1) is 0 Å². The molecule has 0 saturated carbocycles. The zero-order valence-electron chi connectivity index (χ0n) is 17.5. The number of aromatic nitrogens is 2. The lowest BCUT2D eigenvalue weighted by molar-refractivity contribution is 0.0882. The molecule has 0 spiro atoms. The van der Waals surface area contributed by atoms with E-state index in [4.69, 9.17) is 0 Å². The van der Waals surface area contributed by atoms with E-state index >= 15 is 0 Å². The van der Waals surface area contributed by atoms with Gasteiger partial charge in [0, 0.05) is 24.6 Å². The van der Waals surface area contributed by atoms with Gasteiger partial charge in [-0.25, -0.2) is 12.7 Å². The van der Waals surface area contributed by atoms with E-state index in [1.165, 1.54) is 7.05 Å². The molecule has 7 heteroatoms. The lowest BCUT2D eigenvalue weighted by atomic mass is 10.1. The first kappa shape index (κ1) is 20.8. The fourth-order valence-corrected chi connectivity index (χ4v) is 5.37. The molecule has 3 rings (SSSR count). The summed E-state index contributed by atoms with van der Waals surface area (Å²) in [6, 6.07) is 9.04. The fraction of sp³-hybridized carbons (Fsp3) is 0.273. The Morgan fingerprint density at radius 2 is 1.66 bits per heavy atom. The van der Waals surface area contributed by atoms with Gasteiger partial charge in [-0.1, -0.05) is 17.7 Å². The van der Waals surface area contributed by atoms with E-state index in [-0.39, 0.29) is 4.90 Å². The minimum Gasteiger partial charge on any atom is -0.316 e. The second-order valence-corrected chi connectivity index (χ2v) is 9.24. The van der Waals surface area contributed by atoms with Crippen LogP contribution in [0, 0.1) is 34.6 Å². The van der Waals surface area contributed by atoms with E-state index in [0.717, 1.165) is 21.2 Å². The zero-order chi connectivity index (χ0) is 21.5. The van der Waals surface area contributed by atoms with Crippen molar-refractivity contribution in [2.75, 3.05) is 7.05 Å². The molecular weight excluding hydrogens is 386 g/mol. The summed E-state index contributed by atoms with van der Waals surface area (Å²) in [6.45, 7) is 9.09. The molecule has 0 radical (unpaired) electrons. The van der Waals surface area contributed by atoms with Gasteiger partial charge in [0.05, 0.1) is 22.3 Å². The second-order valence-electron chi connectivity index (χ2n) is 7.34. The lowest BCUT2D eigenvalue weighted by Crippen LogP contribution is -2.34. The van der Waals surface area contributed by atoms with Crippen molar-refractivity contribution in [1.82, 2.24) is 13.9 Å². The monoisotopic (exact) mass is 411 g/mol. The maximum absolute atomic E-state index is 13.3. The molecule has 0 N–H and O–H groups in total. The van der Waals surface area contributed by atoms with Crippen LogP contribution >= 0.6 is 0 Å². The van der Waals surface area contributed by atoms with E-state index in [1.54, 1.807) is 39.2 Å². The molecule has 0 fully saturated rings. The Kier molecular flexibility index (Phi) is 5.36. The average Bonchev–Trinajstić information content (AvgIpc) is 2.94. The van der Waals surface area contributed by atoms with Crippen molar-refractivity contribution < 1.29 is 13.2 Å². The number of nitrogens with zero attached hydrogens (tertiary/aromatic N) is 3. The van der Waals surface area contributed by atoms with E-state index in [9.17, 15) is 13.2 Å². The summed E-state index contributed by atoms with van der Waals surface area (Å²) in [7, 11) is -2.68. The van der Waals surface area contributed by atoms with Crippen LogP contribution < -0.4 is 0 Å². The Labute approximate surface area is 171 Å². The Bertz CT molecular complexity index is 1170. The first-order chi connectivity index (χ1) is 13.6. The number of aryl methyl sites for hydroxylation is 4. The number of amides is 1. The summed E-state index contributed by atoms with van der Waals surface area (Å²) in [5.41, 5.74) is 4.89. The number of pyridine rings is 1. The number of benzene rings is 1. The van der Waals surface area contributed by atoms with E-state index in [2.05, 4.69) is 4.98 Å². The maximum Gasteiger partial charge on any atom is 0.269 e. The quantitative estimate of drug-likeness (QED) is 0.653. The highest BCUT2D eigenvalue weighted by Gasteiger charge is 2.31. The number of rotatable bonds is 4.